The van der Waals surface area contributed by atoms with Crippen molar-refractivity contribution in [3.8, 4) is 0 Å². The molecule has 1 aromatic rings. The van der Waals surface area contributed by atoms with Crippen molar-refractivity contribution in [1.82, 2.24) is 9.88 Å². The van der Waals surface area contributed by atoms with Gasteiger partial charge in [-0.15, -0.1) is 0 Å². The third-order valence-electron chi connectivity index (χ3n) is 2.38. The fourth-order valence-electron chi connectivity index (χ4n) is 1.60. The lowest BCUT2D eigenvalue weighted by Crippen LogP contribution is -2.32. The average molecular weight is 244 g/mol. The Morgan fingerprint density at radius 3 is 2.69 bits per heavy atom. The Hall–Kier alpha value is -0.810. The molecule has 1 heterocycles. The van der Waals surface area contributed by atoms with Crippen LogP contribution in [0.25, 0.3) is 0 Å². The van der Waals surface area contributed by atoms with E-state index in [9.17, 15) is 8.42 Å². The lowest BCUT2D eigenvalue weighted by Gasteiger charge is -2.11. The minimum absolute atomic E-state index is 0.0139. The van der Waals surface area contributed by atoms with Crippen molar-refractivity contribution >= 4 is 9.84 Å². The minimum Gasteiger partial charge on any atom is -0.354 e. The van der Waals surface area contributed by atoms with E-state index in [1.807, 2.05) is 19.2 Å². The van der Waals surface area contributed by atoms with Crippen LogP contribution in [0.3, 0.4) is 0 Å². The van der Waals surface area contributed by atoms with Gasteiger partial charge < -0.3 is 9.88 Å². The molecule has 0 amide bonds. The van der Waals surface area contributed by atoms with Crippen molar-refractivity contribution < 1.29 is 8.42 Å². The topological polar surface area (TPSA) is 51.1 Å². The third-order valence-corrected chi connectivity index (χ3v) is 3.49. The van der Waals surface area contributed by atoms with Gasteiger partial charge in [-0.1, -0.05) is 0 Å². The van der Waals surface area contributed by atoms with Gasteiger partial charge in [-0.25, -0.2) is 8.42 Å². The normalized spacial score (nSPS) is 13.9. The van der Waals surface area contributed by atoms with Gasteiger partial charge in [0.25, 0.3) is 0 Å². The van der Waals surface area contributed by atoms with Gasteiger partial charge in [-0.2, -0.15) is 0 Å². The molecule has 0 aliphatic rings. The summed E-state index contributed by atoms with van der Waals surface area (Å²) in [6, 6.07) is 2.03. The van der Waals surface area contributed by atoms with E-state index in [1.165, 1.54) is 11.8 Å². The number of nitrogens with zero attached hydrogens (tertiary/aromatic N) is 1. The van der Waals surface area contributed by atoms with Gasteiger partial charge in [0.1, 0.15) is 9.84 Å². The first-order chi connectivity index (χ1) is 7.40. The number of rotatable bonds is 6. The fourth-order valence-corrected chi connectivity index (χ4v) is 2.62. The fraction of sp³-hybridized carbons (Fsp3) is 0.636. The first kappa shape index (κ1) is 13.3. The minimum atomic E-state index is -2.89. The van der Waals surface area contributed by atoms with Crippen molar-refractivity contribution in [3.05, 3.63) is 24.0 Å². The zero-order chi connectivity index (χ0) is 12.2. The largest absolute Gasteiger partial charge is 0.354 e. The molecule has 1 aromatic heterocycles. The quantitative estimate of drug-likeness (QED) is 0.813. The molecule has 1 atom stereocenters. The van der Waals surface area contributed by atoms with Crippen LogP contribution < -0.4 is 5.32 Å². The molecule has 0 aliphatic carbocycles. The van der Waals surface area contributed by atoms with Gasteiger partial charge in [0.2, 0.25) is 0 Å². The van der Waals surface area contributed by atoms with Crippen LogP contribution in [-0.4, -0.2) is 31.0 Å². The Bertz CT molecular complexity index is 423. The monoisotopic (exact) mass is 244 g/mol. The van der Waals surface area contributed by atoms with Gasteiger partial charge in [0.05, 0.1) is 5.75 Å². The highest BCUT2D eigenvalue weighted by atomic mass is 32.2. The standard InChI is InChI=1S/C11H20N2O2S/c1-4-13-6-5-11(8-13)7-12-10(2)9-16(3,14)15/h5-6,8,10,12H,4,7,9H2,1-3H3. The lowest BCUT2D eigenvalue weighted by molar-refractivity contribution is 0.560. The van der Waals surface area contributed by atoms with E-state index in [-0.39, 0.29) is 11.8 Å². The van der Waals surface area contributed by atoms with E-state index in [0.717, 1.165) is 6.54 Å². The summed E-state index contributed by atoms with van der Waals surface area (Å²) in [6.07, 6.45) is 5.36. The van der Waals surface area contributed by atoms with Crippen LogP contribution in [0.2, 0.25) is 0 Å². The predicted molar refractivity (Wildman–Crippen MR) is 66.1 cm³/mol. The van der Waals surface area contributed by atoms with Gasteiger partial charge in [-0.05, 0) is 25.5 Å². The summed E-state index contributed by atoms with van der Waals surface area (Å²) >= 11 is 0. The summed E-state index contributed by atoms with van der Waals surface area (Å²) in [5.41, 5.74) is 1.18. The maximum Gasteiger partial charge on any atom is 0.148 e. The number of aromatic nitrogens is 1. The van der Waals surface area contributed by atoms with Gasteiger partial charge in [0.15, 0.2) is 0 Å². The molecule has 1 unspecified atom stereocenters. The number of hydrogen-bond donors (Lipinski definition) is 1. The van der Waals surface area contributed by atoms with Crippen molar-refractivity contribution in [3.63, 3.8) is 0 Å². The molecule has 0 radical (unpaired) electrons. The SMILES string of the molecule is CCn1ccc(CNC(C)CS(C)(=O)=O)c1. The van der Waals surface area contributed by atoms with Crippen LogP contribution in [0.1, 0.15) is 19.4 Å². The molecule has 4 nitrogen and oxygen atoms in total. The second kappa shape index (κ2) is 5.50. The van der Waals surface area contributed by atoms with Crippen LogP contribution in [0, 0.1) is 0 Å². The van der Waals surface area contributed by atoms with Crippen LogP contribution >= 0.6 is 0 Å². The van der Waals surface area contributed by atoms with E-state index in [2.05, 4.69) is 23.0 Å². The summed E-state index contributed by atoms with van der Waals surface area (Å²) in [6.45, 7) is 5.64. The van der Waals surface area contributed by atoms with Crippen LogP contribution in [0.15, 0.2) is 18.5 Å². The molecule has 0 aromatic carbocycles. The summed E-state index contributed by atoms with van der Waals surface area (Å²) < 4.78 is 24.2. The van der Waals surface area contributed by atoms with E-state index in [1.54, 1.807) is 0 Å². The third kappa shape index (κ3) is 4.81. The Labute approximate surface area is 97.6 Å². The molecule has 0 saturated carbocycles. The summed E-state index contributed by atoms with van der Waals surface area (Å²) in [5, 5.41) is 3.20. The van der Waals surface area contributed by atoms with E-state index >= 15 is 0 Å². The molecular formula is C11H20N2O2S. The highest BCUT2D eigenvalue weighted by Crippen LogP contribution is 2.01. The van der Waals surface area contributed by atoms with E-state index < -0.39 is 9.84 Å². The van der Waals surface area contributed by atoms with Crippen LogP contribution in [-0.2, 0) is 22.9 Å². The number of sulfone groups is 1. The molecule has 5 heteroatoms. The maximum absolute atomic E-state index is 11.1. The first-order valence-corrected chi connectivity index (χ1v) is 7.52. The highest BCUT2D eigenvalue weighted by Gasteiger charge is 2.09. The molecule has 92 valence electrons. The van der Waals surface area contributed by atoms with Crippen molar-refractivity contribution in [2.45, 2.75) is 33.0 Å². The summed E-state index contributed by atoms with van der Waals surface area (Å²) in [7, 11) is -2.89. The second-order valence-corrected chi connectivity index (χ2v) is 6.41. The molecular weight excluding hydrogens is 224 g/mol. The van der Waals surface area contributed by atoms with Gasteiger partial charge in [-0.3, -0.25) is 0 Å². The molecule has 1 rings (SSSR count). The molecule has 0 aliphatic heterocycles. The smallest absolute Gasteiger partial charge is 0.148 e. The molecule has 0 fully saturated rings. The molecule has 0 bridgehead atoms. The van der Waals surface area contributed by atoms with E-state index in [4.69, 9.17) is 0 Å². The highest BCUT2D eigenvalue weighted by molar-refractivity contribution is 7.90. The lowest BCUT2D eigenvalue weighted by atomic mass is 10.3. The molecule has 1 N–H and O–H groups in total. The Morgan fingerprint density at radius 2 is 2.19 bits per heavy atom. The van der Waals surface area contributed by atoms with Crippen LogP contribution in [0.4, 0.5) is 0 Å². The zero-order valence-corrected chi connectivity index (χ0v) is 10.9. The summed E-state index contributed by atoms with van der Waals surface area (Å²) in [5.74, 6) is 0.182. The first-order valence-electron chi connectivity index (χ1n) is 5.46. The van der Waals surface area contributed by atoms with Crippen molar-refractivity contribution in [2.24, 2.45) is 0 Å². The number of aryl methyl sites for hydroxylation is 1. The molecule has 0 spiro atoms. The van der Waals surface area contributed by atoms with Crippen molar-refractivity contribution in [2.75, 3.05) is 12.0 Å². The molecule has 0 saturated heterocycles. The van der Waals surface area contributed by atoms with Gasteiger partial charge in [0, 0.05) is 37.8 Å². The molecule has 16 heavy (non-hydrogen) atoms. The predicted octanol–water partition coefficient (Wildman–Crippen LogP) is 1.03. The van der Waals surface area contributed by atoms with Crippen molar-refractivity contribution in [1.29, 1.82) is 0 Å². The summed E-state index contributed by atoms with van der Waals surface area (Å²) in [4.78, 5) is 0. The average Bonchev–Trinajstić information content (AvgIpc) is 2.59. The number of nitrogens with one attached hydrogen (secondary N) is 1. The second-order valence-electron chi connectivity index (χ2n) is 4.22. The zero-order valence-electron chi connectivity index (χ0n) is 10.1. The Kier molecular flexibility index (Phi) is 4.56. The van der Waals surface area contributed by atoms with Gasteiger partial charge >= 0.3 is 0 Å². The van der Waals surface area contributed by atoms with Crippen LogP contribution in [0.5, 0.6) is 0 Å². The Morgan fingerprint density at radius 1 is 1.50 bits per heavy atom. The van der Waals surface area contributed by atoms with E-state index in [0.29, 0.717) is 6.54 Å². The Balaban J connectivity index is 2.39. The maximum atomic E-state index is 11.1. The number of hydrogen-bond acceptors (Lipinski definition) is 3.